The molecule has 5 heteroatoms. The van der Waals surface area contributed by atoms with E-state index >= 15 is 0 Å². The van der Waals surface area contributed by atoms with E-state index in [1.165, 1.54) is 0 Å². The minimum absolute atomic E-state index is 0.122. The summed E-state index contributed by atoms with van der Waals surface area (Å²) in [6.45, 7) is 2.90. The first kappa shape index (κ1) is 11.6. The van der Waals surface area contributed by atoms with E-state index in [9.17, 15) is 0 Å². The molecule has 0 amide bonds. The van der Waals surface area contributed by atoms with Gasteiger partial charge in [0.05, 0.1) is 17.2 Å². The van der Waals surface area contributed by atoms with Gasteiger partial charge in [0, 0.05) is 19.1 Å². The lowest BCUT2D eigenvalue weighted by Gasteiger charge is -2.21. The Morgan fingerprint density at radius 3 is 3.00 bits per heavy atom. The number of nitrogens with zero attached hydrogens (tertiary/aromatic N) is 1. The third-order valence-electron chi connectivity index (χ3n) is 2.30. The van der Waals surface area contributed by atoms with Crippen LogP contribution < -0.4 is 11.3 Å². The first-order valence-corrected chi connectivity index (χ1v) is 5.57. The highest BCUT2D eigenvalue weighted by Crippen LogP contribution is 2.23. The Morgan fingerprint density at radius 2 is 2.50 bits per heavy atom. The Hall–Kier alpha value is -0.490. The summed E-state index contributed by atoms with van der Waals surface area (Å²) in [6.07, 6.45) is 0.975. The minimum atomic E-state index is 0.122. The van der Waals surface area contributed by atoms with Gasteiger partial charge < -0.3 is 4.74 Å². The second kappa shape index (κ2) is 6.08. The lowest BCUT2D eigenvalue weighted by molar-refractivity contribution is 0.170. The summed E-state index contributed by atoms with van der Waals surface area (Å²) in [5.41, 5.74) is 5.64. The minimum Gasteiger partial charge on any atom is -0.385 e. The number of nitrogens with two attached hydrogens (primary N) is 1. The van der Waals surface area contributed by atoms with Crippen LogP contribution in [-0.2, 0) is 4.74 Å². The third-order valence-corrected chi connectivity index (χ3v) is 2.90. The SMILES string of the molecule is COCCC(C)C(NN)c1cscn1. The van der Waals surface area contributed by atoms with Gasteiger partial charge in [0.25, 0.3) is 0 Å². The first-order chi connectivity index (χ1) is 6.79. The van der Waals surface area contributed by atoms with Gasteiger partial charge in [0.1, 0.15) is 0 Å². The quantitative estimate of drug-likeness (QED) is 0.555. The van der Waals surface area contributed by atoms with Crippen molar-refractivity contribution in [3.63, 3.8) is 0 Å². The molecule has 0 radical (unpaired) electrons. The predicted molar refractivity (Wildman–Crippen MR) is 57.8 cm³/mol. The van der Waals surface area contributed by atoms with Crippen molar-refractivity contribution in [2.75, 3.05) is 13.7 Å². The van der Waals surface area contributed by atoms with Crippen molar-refractivity contribution < 1.29 is 4.74 Å². The molecule has 0 fully saturated rings. The largest absolute Gasteiger partial charge is 0.385 e. The van der Waals surface area contributed by atoms with E-state index in [0.717, 1.165) is 18.7 Å². The molecule has 0 saturated carbocycles. The molecule has 2 atom stereocenters. The van der Waals surface area contributed by atoms with E-state index in [-0.39, 0.29) is 6.04 Å². The van der Waals surface area contributed by atoms with Gasteiger partial charge in [-0.25, -0.2) is 4.98 Å². The normalized spacial score (nSPS) is 15.4. The molecule has 1 aromatic heterocycles. The van der Waals surface area contributed by atoms with Crippen molar-refractivity contribution in [3.8, 4) is 0 Å². The Bertz CT molecular complexity index is 240. The number of ether oxygens (including phenoxy) is 1. The number of aromatic nitrogens is 1. The highest BCUT2D eigenvalue weighted by Gasteiger charge is 2.19. The molecule has 2 unspecified atom stereocenters. The number of rotatable bonds is 6. The lowest BCUT2D eigenvalue weighted by Crippen LogP contribution is -2.33. The maximum Gasteiger partial charge on any atom is 0.0795 e. The summed E-state index contributed by atoms with van der Waals surface area (Å²) in [5.74, 6) is 5.93. The van der Waals surface area contributed by atoms with E-state index < -0.39 is 0 Å². The van der Waals surface area contributed by atoms with Crippen LogP contribution in [0.15, 0.2) is 10.9 Å². The predicted octanol–water partition coefficient (Wildman–Crippen LogP) is 1.32. The van der Waals surface area contributed by atoms with E-state index in [1.54, 1.807) is 18.4 Å². The summed E-state index contributed by atoms with van der Waals surface area (Å²) in [6, 6.07) is 0.122. The zero-order valence-electron chi connectivity index (χ0n) is 8.56. The van der Waals surface area contributed by atoms with Crippen LogP contribution in [0.5, 0.6) is 0 Å². The fourth-order valence-electron chi connectivity index (χ4n) is 1.39. The Labute approximate surface area is 88.5 Å². The van der Waals surface area contributed by atoms with Crippen LogP contribution in [0.1, 0.15) is 25.1 Å². The van der Waals surface area contributed by atoms with Gasteiger partial charge in [0.15, 0.2) is 0 Å². The number of methoxy groups -OCH3 is 1. The first-order valence-electron chi connectivity index (χ1n) is 4.62. The van der Waals surface area contributed by atoms with Gasteiger partial charge in [-0.1, -0.05) is 6.92 Å². The van der Waals surface area contributed by atoms with E-state index in [2.05, 4.69) is 17.3 Å². The molecule has 0 saturated heterocycles. The fourth-order valence-corrected chi connectivity index (χ4v) is 1.98. The maximum atomic E-state index is 5.51. The monoisotopic (exact) mass is 215 g/mol. The third kappa shape index (κ3) is 3.02. The Morgan fingerprint density at radius 1 is 1.71 bits per heavy atom. The number of hydrogen-bond acceptors (Lipinski definition) is 5. The van der Waals surface area contributed by atoms with Crippen molar-refractivity contribution in [3.05, 3.63) is 16.6 Å². The highest BCUT2D eigenvalue weighted by molar-refractivity contribution is 7.07. The van der Waals surface area contributed by atoms with Crippen LogP contribution in [0, 0.1) is 5.92 Å². The molecular formula is C9H17N3OS. The summed E-state index contributed by atoms with van der Waals surface area (Å²) in [7, 11) is 1.71. The molecule has 80 valence electrons. The molecule has 0 aliphatic heterocycles. The molecule has 4 nitrogen and oxygen atoms in total. The maximum absolute atomic E-state index is 5.51. The number of nitrogens with one attached hydrogen (secondary N) is 1. The van der Waals surface area contributed by atoms with Gasteiger partial charge >= 0.3 is 0 Å². The molecule has 1 aromatic rings. The summed E-state index contributed by atoms with van der Waals surface area (Å²) < 4.78 is 5.04. The molecular weight excluding hydrogens is 198 g/mol. The summed E-state index contributed by atoms with van der Waals surface area (Å²) in [5, 5.41) is 2.02. The van der Waals surface area contributed by atoms with Crippen molar-refractivity contribution in [2.45, 2.75) is 19.4 Å². The average molecular weight is 215 g/mol. The zero-order chi connectivity index (χ0) is 10.4. The van der Waals surface area contributed by atoms with Gasteiger partial charge in [-0.05, 0) is 12.3 Å². The van der Waals surface area contributed by atoms with Crippen molar-refractivity contribution in [1.29, 1.82) is 0 Å². The van der Waals surface area contributed by atoms with Crippen LogP contribution in [0.3, 0.4) is 0 Å². The fraction of sp³-hybridized carbons (Fsp3) is 0.667. The molecule has 0 aromatic carbocycles. The Kier molecular flexibility index (Phi) is 5.03. The van der Waals surface area contributed by atoms with Gasteiger partial charge in [0.2, 0.25) is 0 Å². The molecule has 1 heterocycles. The topological polar surface area (TPSA) is 60.2 Å². The standard InChI is InChI=1S/C9H17N3OS/c1-7(3-4-13-2)9(12-10)8-5-14-6-11-8/h5-7,9,12H,3-4,10H2,1-2H3. The van der Waals surface area contributed by atoms with Crippen LogP contribution in [0.4, 0.5) is 0 Å². The van der Waals surface area contributed by atoms with Gasteiger partial charge in [-0.15, -0.1) is 11.3 Å². The van der Waals surface area contributed by atoms with Crippen molar-refractivity contribution in [2.24, 2.45) is 11.8 Å². The average Bonchev–Trinajstić information content (AvgIpc) is 2.69. The van der Waals surface area contributed by atoms with Crippen molar-refractivity contribution in [1.82, 2.24) is 10.4 Å². The molecule has 0 aliphatic rings. The summed E-state index contributed by atoms with van der Waals surface area (Å²) in [4.78, 5) is 4.25. The van der Waals surface area contributed by atoms with E-state index in [1.807, 2.05) is 10.9 Å². The van der Waals surface area contributed by atoms with Crippen LogP contribution in [0.2, 0.25) is 0 Å². The van der Waals surface area contributed by atoms with Crippen LogP contribution >= 0.6 is 11.3 Å². The number of thiazole rings is 1. The molecule has 0 spiro atoms. The molecule has 0 aliphatic carbocycles. The van der Waals surface area contributed by atoms with Gasteiger partial charge in [-0.2, -0.15) is 0 Å². The Balaban J connectivity index is 2.53. The van der Waals surface area contributed by atoms with Crippen molar-refractivity contribution >= 4 is 11.3 Å². The number of hydrazine groups is 1. The highest BCUT2D eigenvalue weighted by atomic mass is 32.1. The second-order valence-electron chi connectivity index (χ2n) is 3.32. The smallest absolute Gasteiger partial charge is 0.0795 e. The lowest BCUT2D eigenvalue weighted by atomic mass is 9.97. The number of hydrogen-bond donors (Lipinski definition) is 2. The second-order valence-corrected chi connectivity index (χ2v) is 4.04. The molecule has 0 bridgehead atoms. The molecule has 3 N–H and O–H groups in total. The van der Waals surface area contributed by atoms with E-state index in [4.69, 9.17) is 10.6 Å². The summed E-state index contributed by atoms with van der Waals surface area (Å²) >= 11 is 1.59. The zero-order valence-corrected chi connectivity index (χ0v) is 9.38. The van der Waals surface area contributed by atoms with Gasteiger partial charge in [-0.3, -0.25) is 11.3 Å². The van der Waals surface area contributed by atoms with Crippen LogP contribution in [0.25, 0.3) is 0 Å². The molecule has 1 rings (SSSR count). The molecule has 14 heavy (non-hydrogen) atoms. The van der Waals surface area contributed by atoms with E-state index in [0.29, 0.717) is 5.92 Å². The van der Waals surface area contributed by atoms with Crippen LogP contribution in [-0.4, -0.2) is 18.7 Å².